The van der Waals surface area contributed by atoms with Gasteiger partial charge < -0.3 is 24.9 Å². The number of hydrogen-bond donors (Lipinski definition) is 3. The first-order chi connectivity index (χ1) is 7.76. The van der Waals surface area contributed by atoms with Gasteiger partial charge in [0.25, 0.3) is 0 Å². The van der Waals surface area contributed by atoms with Crippen molar-refractivity contribution in [1.29, 1.82) is 0 Å². The molecule has 0 spiro atoms. The van der Waals surface area contributed by atoms with Crippen LogP contribution in [0.25, 0.3) is 0 Å². The third kappa shape index (κ3) is 3.32. The maximum absolute atomic E-state index is 11.1. The molecule has 0 aromatic rings. The second kappa shape index (κ2) is 4.91. The Morgan fingerprint density at radius 1 is 1.47 bits per heavy atom. The van der Waals surface area contributed by atoms with Gasteiger partial charge in [-0.05, 0) is 20.8 Å². The van der Waals surface area contributed by atoms with Crippen LogP contribution < -0.4 is 0 Å². The van der Waals surface area contributed by atoms with Crippen LogP contribution in [0.4, 0.5) is 0 Å². The van der Waals surface area contributed by atoms with E-state index >= 15 is 0 Å². The van der Waals surface area contributed by atoms with Gasteiger partial charge in [0.2, 0.25) is 11.5 Å². The molecule has 1 aliphatic heterocycles. The number of rotatable bonds is 4. The third-order valence-corrected chi connectivity index (χ3v) is 1.84. The van der Waals surface area contributed by atoms with Gasteiger partial charge >= 0.3 is 5.97 Å². The highest BCUT2D eigenvalue weighted by atomic mass is 17.2. The molecular weight excluding hydrogens is 232 g/mol. The summed E-state index contributed by atoms with van der Waals surface area (Å²) in [5.74, 6) is -2.15. The van der Waals surface area contributed by atoms with Crippen LogP contribution in [0.5, 0.6) is 0 Å². The summed E-state index contributed by atoms with van der Waals surface area (Å²) in [4.78, 5) is 20.8. The number of cyclic esters (lactones) is 1. The van der Waals surface area contributed by atoms with Crippen molar-refractivity contribution in [3.63, 3.8) is 0 Å². The van der Waals surface area contributed by atoms with Crippen molar-refractivity contribution in [2.75, 3.05) is 6.61 Å². The maximum Gasteiger partial charge on any atom is 0.378 e. The Labute approximate surface area is 98.1 Å². The SMILES string of the molecule is CC(C)(C)OOC1=C(O)C(=O)O[C@@H]1[C@@H](O)CO. The van der Waals surface area contributed by atoms with Crippen LogP contribution in [-0.2, 0) is 19.3 Å². The van der Waals surface area contributed by atoms with Crippen molar-refractivity contribution in [1.82, 2.24) is 0 Å². The average molecular weight is 248 g/mol. The van der Waals surface area contributed by atoms with E-state index in [2.05, 4.69) is 4.74 Å². The Kier molecular flexibility index (Phi) is 3.97. The lowest BCUT2D eigenvalue weighted by atomic mass is 10.2. The molecular formula is C10H16O7. The van der Waals surface area contributed by atoms with Crippen LogP contribution >= 0.6 is 0 Å². The Hall–Kier alpha value is -1.31. The summed E-state index contributed by atoms with van der Waals surface area (Å²) < 4.78 is 4.63. The molecule has 0 saturated carbocycles. The predicted octanol–water partition coefficient (Wildman–Crippen LogP) is -0.219. The summed E-state index contributed by atoms with van der Waals surface area (Å²) in [5.41, 5.74) is -0.673. The van der Waals surface area contributed by atoms with Gasteiger partial charge in [0.05, 0.1) is 6.61 Å². The molecule has 7 heteroatoms. The highest BCUT2D eigenvalue weighted by Crippen LogP contribution is 2.26. The van der Waals surface area contributed by atoms with Gasteiger partial charge in [0, 0.05) is 0 Å². The lowest BCUT2D eigenvalue weighted by Crippen LogP contribution is -2.33. The van der Waals surface area contributed by atoms with Crippen molar-refractivity contribution < 1.29 is 34.6 Å². The maximum atomic E-state index is 11.1. The molecule has 0 aliphatic carbocycles. The fourth-order valence-electron chi connectivity index (χ4n) is 1.07. The van der Waals surface area contributed by atoms with Crippen molar-refractivity contribution in [3.8, 4) is 0 Å². The van der Waals surface area contributed by atoms with Gasteiger partial charge in [-0.3, -0.25) is 0 Å². The number of hydrogen-bond acceptors (Lipinski definition) is 7. The van der Waals surface area contributed by atoms with Gasteiger partial charge in [0.15, 0.2) is 6.10 Å². The largest absolute Gasteiger partial charge is 0.499 e. The van der Waals surface area contributed by atoms with E-state index in [4.69, 9.17) is 14.9 Å². The predicted molar refractivity (Wildman–Crippen MR) is 54.6 cm³/mol. The molecule has 0 aromatic carbocycles. The van der Waals surface area contributed by atoms with E-state index in [-0.39, 0.29) is 5.76 Å². The minimum absolute atomic E-state index is 0.341. The second-order valence-electron chi connectivity index (χ2n) is 4.57. The minimum atomic E-state index is -1.39. The zero-order valence-corrected chi connectivity index (χ0v) is 9.84. The number of aliphatic hydroxyl groups is 3. The molecule has 1 rings (SSSR count). The Morgan fingerprint density at radius 3 is 2.53 bits per heavy atom. The molecule has 0 radical (unpaired) electrons. The van der Waals surface area contributed by atoms with Crippen molar-refractivity contribution in [3.05, 3.63) is 11.5 Å². The standard InChI is InChI=1S/C10H16O7/c1-10(2,3)17-16-8-6(13)9(14)15-7(8)5(12)4-11/h5,7,11-13H,4H2,1-3H3/t5-,7+/m0/s1. The second-order valence-corrected chi connectivity index (χ2v) is 4.57. The Balaban J connectivity index is 2.79. The minimum Gasteiger partial charge on any atom is -0.499 e. The first-order valence-corrected chi connectivity index (χ1v) is 5.05. The molecule has 17 heavy (non-hydrogen) atoms. The van der Waals surface area contributed by atoms with E-state index in [1.807, 2.05) is 0 Å². The van der Waals surface area contributed by atoms with E-state index < -0.39 is 36.1 Å². The summed E-state index contributed by atoms with van der Waals surface area (Å²) >= 11 is 0. The van der Waals surface area contributed by atoms with Gasteiger partial charge in [-0.1, -0.05) is 0 Å². The van der Waals surface area contributed by atoms with Crippen molar-refractivity contribution >= 4 is 5.97 Å². The van der Waals surface area contributed by atoms with Crippen LogP contribution in [0.3, 0.4) is 0 Å². The van der Waals surface area contributed by atoms with Crippen LogP contribution in [0.15, 0.2) is 11.5 Å². The quantitative estimate of drug-likeness (QED) is 0.359. The van der Waals surface area contributed by atoms with Crippen LogP contribution in [0.2, 0.25) is 0 Å². The van der Waals surface area contributed by atoms with Crippen molar-refractivity contribution in [2.24, 2.45) is 0 Å². The van der Waals surface area contributed by atoms with Crippen molar-refractivity contribution in [2.45, 2.75) is 38.6 Å². The molecule has 0 amide bonds. The van der Waals surface area contributed by atoms with Gasteiger partial charge in [-0.15, -0.1) is 0 Å². The molecule has 2 atom stereocenters. The van der Waals surface area contributed by atoms with E-state index in [0.29, 0.717) is 0 Å². The zero-order valence-electron chi connectivity index (χ0n) is 9.84. The number of carbonyl (C=O) groups is 1. The van der Waals surface area contributed by atoms with E-state index in [1.54, 1.807) is 20.8 Å². The molecule has 3 N–H and O–H groups in total. The average Bonchev–Trinajstić information content (AvgIpc) is 2.51. The van der Waals surface area contributed by atoms with Gasteiger partial charge in [-0.25, -0.2) is 4.79 Å². The number of ether oxygens (including phenoxy) is 1. The normalized spacial score (nSPS) is 22.6. The van der Waals surface area contributed by atoms with E-state index in [0.717, 1.165) is 0 Å². The highest BCUT2D eigenvalue weighted by Gasteiger charge is 2.42. The highest BCUT2D eigenvalue weighted by molar-refractivity contribution is 5.89. The molecule has 1 aliphatic rings. The first kappa shape index (κ1) is 13.8. The molecule has 1 heterocycles. The smallest absolute Gasteiger partial charge is 0.378 e. The summed E-state index contributed by atoms with van der Waals surface area (Å²) in [6.45, 7) is 4.44. The molecule has 0 saturated heterocycles. The van der Waals surface area contributed by atoms with Crippen LogP contribution in [0, 0.1) is 0 Å². The van der Waals surface area contributed by atoms with Crippen LogP contribution in [0.1, 0.15) is 20.8 Å². The van der Waals surface area contributed by atoms with Gasteiger partial charge in [-0.2, -0.15) is 4.89 Å². The molecule has 7 nitrogen and oxygen atoms in total. The Bertz CT molecular complexity index is 328. The first-order valence-electron chi connectivity index (χ1n) is 5.05. The van der Waals surface area contributed by atoms with Gasteiger partial charge in [0.1, 0.15) is 11.7 Å². The lowest BCUT2D eigenvalue weighted by molar-refractivity contribution is -0.329. The van der Waals surface area contributed by atoms with E-state index in [9.17, 15) is 15.0 Å². The topological polar surface area (TPSA) is 105 Å². The summed E-state index contributed by atoms with van der Waals surface area (Å²) in [6, 6.07) is 0. The molecule has 0 unspecified atom stereocenters. The fourth-order valence-corrected chi connectivity index (χ4v) is 1.07. The third-order valence-electron chi connectivity index (χ3n) is 1.84. The fraction of sp³-hybridized carbons (Fsp3) is 0.700. The lowest BCUT2D eigenvalue weighted by Gasteiger charge is -2.21. The molecule has 0 aromatic heterocycles. The molecule has 0 fully saturated rings. The van der Waals surface area contributed by atoms with E-state index in [1.165, 1.54) is 0 Å². The Morgan fingerprint density at radius 2 is 2.06 bits per heavy atom. The number of carbonyl (C=O) groups excluding carboxylic acids is 1. The monoisotopic (exact) mass is 248 g/mol. The molecule has 0 bridgehead atoms. The molecule has 98 valence electrons. The number of esters is 1. The summed E-state index contributed by atoms with van der Waals surface area (Å²) in [7, 11) is 0. The number of aliphatic hydroxyl groups excluding tert-OH is 3. The zero-order chi connectivity index (χ0) is 13.2. The summed E-state index contributed by atoms with van der Waals surface area (Å²) in [6.07, 6.45) is -2.66. The summed E-state index contributed by atoms with van der Waals surface area (Å²) in [5, 5.41) is 27.5. The van der Waals surface area contributed by atoms with Crippen LogP contribution in [-0.4, -0.2) is 45.7 Å².